The van der Waals surface area contributed by atoms with Crippen molar-refractivity contribution >= 4 is 54.0 Å². The molecule has 0 spiro atoms. The third-order valence-corrected chi connectivity index (χ3v) is 12.2. The van der Waals surface area contributed by atoms with Crippen LogP contribution in [0.25, 0.3) is 6.08 Å². The molecule has 0 fully saturated rings. The SMILES string of the molecule is C=Cc1ccc(OC(=O)C(CC)Sc2ccc(OS(=O)(=O)C(F)(F)C(F)(F)C(F)(F)S(=O)(=O)NS(=O)(=O)C(F)(F)C(F)(F)C(F)(F)F)cc2)cc1. The van der Waals surface area contributed by atoms with Gasteiger partial charge in [-0.2, -0.15) is 65.5 Å². The van der Waals surface area contributed by atoms with Gasteiger partial charge < -0.3 is 8.92 Å². The van der Waals surface area contributed by atoms with Gasteiger partial charge in [-0.15, -0.1) is 11.8 Å². The molecule has 2 aromatic carbocycles. The lowest BCUT2D eigenvalue weighted by Crippen LogP contribution is -2.66. The van der Waals surface area contributed by atoms with E-state index in [4.69, 9.17) is 4.74 Å². The Balaban J connectivity index is 2.32. The minimum Gasteiger partial charge on any atom is -0.426 e. The Bertz CT molecular complexity index is 1940. The third kappa shape index (κ3) is 8.20. The average molecular weight is 840 g/mol. The summed E-state index contributed by atoms with van der Waals surface area (Å²) < 4.78 is 253. The predicted molar refractivity (Wildman–Crippen MR) is 150 cm³/mol. The van der Waals surface area contributed by atoms with Crippen LogP contribution in [-0.4, -0.2) is 70.3 Å². The van der Waals surface area contributed by atoms with Crippen molar-refractivity contribution < 1.29 is 96.0 Å². The van der Waals surface area contributed by atoms with Gasteiger partial charge >= 0.3 is 49.9 Å². The molecule has 0 aliphatic rings. The second-order valence-electron chi connectivity index (χ2n) is 9.50. The Labute approximate surface area is 283 Å². The quantitative estimate of drug-likeness (QED) is 0.0664. The Hall–Kier alpha value is -3.30. The predicted octanol–water partition coefficient (Wildman–Crippen LogP) is 6.38. The topological polar surface area (TPSA) is 150 Å². The first-order chi connectivity index (χ1) is 22.8. The molecule has 288 valence electrons. The molecule has 1 atom stereocenters. The number of sulfonamides is 2. The molecule has 0 saturated heterocycles. The van der Waals surface area contributed by atoms with Crippen molar-refractivity contribution in [2.45, 2.75) is 57.3 Å². The van der Waals surface area contributed by atoms with Crippen molar-refractivity contribution in [3.05, 3.63) is 60.7 Å². The number of halogens is 13. The van der Waals surface area contributed by atoms with Crippen molar-refractivity contribution in [3.8, 4) is 11.5 Å². The molecule has 0 aromatic heterocycles. The van der Waals surface area contributed by atoms with E-state index in [1.54, 1.807) is 12.1 Å². The van der Waals surface area contributed by atoms with Crippen LogP contribution in [0, 0.1) is 0 Å². The zero-order valence-electron chi connectivity index (χ0n) is 24.4. The highest BCUT2D eigenvalue weighted by molar-refractivity contribution is 8.05. The van der Waals surface area contributed by atoms with E-state index in [0.29, 0.717) is 17.7 Å². The van der Waals surface area contributed by atoms with E-state index in [1.165, 1.54) is 25.1 Å². The zero-order valence-corrected chi connectivity index (χ0v) is 27.7. The number of rotatable bonds is 16. The molecule has 1 N–H and O–H groups in total. The molecule has 0 heterocycles. The van der Waals surface area contributed by atoms with Crippen LogP contribution in [0.2, 0.25) is 0 Å². The number of nitrogens with one attached hydrogen (secondary N) is 1. The summed E-state index contributed by atoms with van der Waals surface area (Å²) in [6, 6.07) is 8.51. The molecule has 0 amide bonds. The van der Waals surface area contributed by atoms with E-state index in [-0.39, 0.29) is 17.1 Å². The number of esters is 1. The van der Waals surface area contributed by atoms with Crippen LogP contribution in [-0.2, 0) is 35.0 Å². The van der Waals surface area contributed by atoms with E-state index in [1.807, 2.05) is 0 Å². The van der Waals surface area contributed by atoms with Gasteiger partial charge in [-0.25, -0.2) is 16.8 Å². The number of carbonyl (C=O) groups is 1. The van der Waals surface area contributed by atoms with E-state index < -0.39 is 85.0 Å². The van der Waals surface area contributed by atoms with Crippen LogP contribution < -0.4 is 13.0 Å². The highest BCUT2D eigenvalue weighted by atomic mass is 32.3. The monoisotopic (exact) mass is 839 g/mol. The fourth-order valence-electron chi connectivity index (χ4n) is 3.15. The fourth-order valence-corrected chi connectivity index (χ4v) is 7.97. The highest BCUT2D eigenvalue weighted by Crippen LogP contribution is 2.53. The van der Waals surface area contributed by atoms with Gasteiger partial charge in [0.15, 0.2) is 0 Å². The zero-order chi connectivity index (χ0) is 39.9. The lowest BCUT2D eigenvalue weighted by atomic mass is 10.2. The van der Waals surface area contributed by atoms with Crippen molar-refractivity contribution in [3.63, 3.8) is 0 Å². The third-order valence-electron chi connectivity index (χ3n) is 5.94. The molecule has 0 aliphatic carbocycles. The fraction of sp³-hybridized carbons (Fsp3) is 0.375. The van der Waals surface area contributed by atoms with Crippen LogP contribution >= 0.6 is 11.8 Å². The summed E-state index contributed by atoms with van der Waals surface area (Å²) in [6.45, 7) is 5.07. The number of ether oxygens (including phenoxy) is 1. The van der Waals surface area contributed by atoms with Crippen molar-refractivity contribution in [2.24, 2.45) is 0 Å². The van der Waals surface area contributed by atoms with E-state index in [0.717, 1.165) is 23.9 Å². The number of carbonyl (C=O) groups excluding carboxylic acids is 1. The molecule has 0 saturated carbocycles. The van der Waals surface area contributed by atoms with E-state index >= 15 is 0 Å². The van der Waals surface area contributed by atoms with Crippen molar-refractivity contribution in [1.29, 1.82) is 0 Å². The molecular weight excluding hydrogens is 822 g/mol. The maximum absolute atomic E-state index is 14.4. The Morgan fingerprint density at radius 2 is 1.16 bits per heavy atom. The number of alkyl halides is 13. The van der Waals surface area contributed by atoms with Crippen LogP contribution in [0.5, 0.6) is 11.5 Å². The smallest absolute Gasteiger partial charge is 0.426 e. The molecule has 27 heteroatoms. The van der Waals surface area contributed by atoms with Crippen LogP contribution in [0.1, 0.15) is 18.9 Å². The molecule has 51 heavy (non-hydrogen) atoms. The summed E-state index contributed by atoms with van der Waals surface area (Å²) >= 11 is 0.727. The van der Waals surface area contributed by atoms with Gasteiger partial charge in [-0.05, 0) is 48.4 Å². The largest absolute Gasteiger partial charge is 0.461 e. The Morgan fingerprint density at radius 1 is 0.725 bits per heavy atom. The van der Waals surface area contributed by atoms with E-state index in [2.05, 4.69) is 10.8 Å². The van der Waals surface area contributed by atoms with Gasteiger partial charge in [0.25, 0.3) is 20.0 Å². The van der Waals surface area contributed by atoms with Gasteiger partial charge in [0.05, 0.1) is 0 Å². The normalized spacial score (nSPS) is 14.9. The van der Waals surface area contributed by atoms with Gasteiger partial charge in [0, 0.05) is 4.90 Å². The van der Waals surface area contributed by atoms with E-state index in [9.17, 15) is 87.1 Å². The lowest BCUT2D eigenvalue weighted by Gasteiger charge is -2.32. The number of hydrogen-bond acceptors (Lipinski definition) is 10. The average Bonchev–Trinajstić information content (AvgIpc) is 2.99. The highest BCUT2D eigenvalue weighted by Gasteiger charge is 2.85. The Kier molecular flexibility index (Phi) is 12.3. The Morgan fingerprint density at radius 3 is 1.57 bits per heavy atom. The summed E-state index contributed by atoms with van der Waals surface area (Å²) in [5.41, 5.74) is 0.689. The first-order valence-corrected chi connectivity index (χ1v) is 17.9. The standard InChI is InChI=1S/C24H18F13NO9S4/c1-3-13-5-7-14(8-6-13)46-18(39)17(4-2)48-16-11-9-15(10-12-16)47-51(44,45)24(36,37)20(27,28)23(34,35)50(42,43)38-49(40,41)22(32,33)19(25,26)21(29,30)31/h3,5-12,17,38H,1,4H2,2H3. The number of benzene rings is 2. The summed E-state index contributed by atoms with van der Waals surface area (Å²) in [6.07, 6.45) is -5.96. The molecular formula is C24H18F13NO9S4. The second-order valence-corrected chi connectivity index (χ2v) is 16.1. The molecule has 10 nitrogen and oxygen atoms in total. The number of hydrogen-bond donors (Lipinski definition) is 1. The summed E-state index contributed by atoms with van der Waals surface area (Å²) in [7, 11) is -24.4. The van der Waals surface area contributed by atoms with Crippen LogP contribution in [0.3, 0.4) is 0 Å². The lowest BCUT2D eigenvalue weighted by molar-refractivity contribution is -0.332. The van der Waals surface area contributed by atoms with Gasteiger partial charge in [-0.3, -0.25) is 4.79 Å². The van der Waals surface area contributed by atoms with Crippen LogP contribution in [0.4, 0.5) is 57.1 Å². The van der Waals surface area contributed by atoms with Crippen molar-refractivity contribution in [2.75, 3.05) is 0 Å². The molecule has 2 rings (SSSR count). The summed E-state index contributed by atoms with van der Waals surface area (Å²) in [5.74, 6) is -17.8. The first-order valence-electron chi connectivity index (χ1n) is 12.6. The first kappa shape index (κ1) is 43.9. The molecule has 2 aromatic rings. The maximum Gasteiger partial charge on any atom is 0.461 e. The van der Waals surface area contributed by atoms with Crippen molar-refractivity contribution in [1.82, 2.24) is 4.13 Å². The number of thioether (sulfide) groups is 1. The molecule has 0 radical (unpaired) electrons. The summed E-state index contributed by atoms with van der Waals surface area (Å²) in [5, 5.41) is -24.1. The maximum atomic E-state index is 14.4. The van der Waals surface area contributed by atoms with Crippen LogP contribution in [0.15, 0.2) is 60.0 Å². The minimum atomic E-state index is -8.48. The second kappa shape index (κ2) is 14.3. The molecule has 1 unspecified atom stereocenters. The summed E-state index contributed by atoms with van der Waals surface area (Å²) in [4.78, 5) is 12.6. The van der Waals surface area contributed by atoms with Gasteiger partial charge in [0.2, 0.25) is 0 Å². The van der Waals surface area contributed by atoms with Gasteiger partial charge in [0.1, 0.15) is 16.7 Å². The van der Waals surface area contributed by atoms with Gasteiger partial charge in [-0.1, -0.05) is 35.8 Å². The minimum absolute atomic E-state index is 0.0282. The molecule has 0 bridgehead atoms. The molecule has 0 aliphatic heterocycles.